The van der Waals surface area contributed by atoms with Gasteiger partial charge in [-0.25, -0.2) is 0 Å². The van der Waals surface area contributed by atoms with Crippen LogP contribution in [0.3, 0.4) is 0 Å². The zero-order valence-corrected chi connectivity index (χ0v) is 11.0. The van der Waals surface area contributed by atoms with Crippen molar-refractivity contribution in [1.29, 1.82) is 0 Å². The van der Waals surface area contributed by atoms with Crippen LogP contribution >= 0.6 is 0 Å². The number of hydrogen-bond donors (Lipinski definition) is 2. The van der Waals surface area contributed by atoms with Crippen molar-refractivity contribution in [3.8, 4) is 5.75 Å². The molecule has 100 valence electrons. The maximum absolute atomic E-state index is 10.0. The van der Waals surface area contributed by atoms with Crippen LogP contribution in [-0.2, 0) is 11.3 Å². The molecule has 5 nitrogen and oxygen atoms in total. The number of fused-ring (bicyclic) bond motifs is 1. The minimum Gasteiger partial charge on any atom is -0.460 e. The molecule has 0 radical (unpaired) electrons. The standard InChI is InChI=1S/C13H20N2O3/c1-13(2,3)15-7-10(16)12-17-8-9-11(18-12)5-4-6-14-9/h4-6,10,12,15-16H,7-8H2,1-3H3. The summed E-state index contributed by atoms with van der Waals surface area (Å²) in [6, 6.07) is 3.64. The van der Waals surface area contributed by atoms with Crippen molar-refractivity contribution in [3.05, 3.63) is 24.0 Å². The van der Waals surface area contributed by atoms with Gasteiger partial charge in [0, 0.05) is 18.3 Å². The molecule has 0 aliphatic carbocycles. The molecule has 1 aliphatic rings. The number of nitrogens with zero attached hydrogens (tertiary/aromatic N) is 1. The molecule has 0 amide bonds. The summed E-state index contributed by atoms with van der Waals surface area (Å²) in [5.74, 6) is 0.684. The van der Waals surface area contributed by atoms with Crippen molar-refractivity contribution in [2.75, 3.05) is 6.54 Å². The quantitative estimate of drug-likeness (QED) is 0.842. The van der Waals surface area contributed by atoms with Crippen molar-refractivity contribution in [3.63, 3.8) is 0 Å². The topological polar surface area (TPSA) is 63.6 Å². The summed E-state index contributed by atoms with van der Waals surface area (Å²) in [7, 11) is 0. The molecule has 5 heteroatoms. The summed E-state index contributed by atoms with van der Waals surface area (Å²) in [6.45, 7) is 6.92. The van der Waals surface area contributed by atoms with Crippen molar-refractivity contribution < 1.29 is 14.6 Å². The molecular weight excluding hydrogens is 232 g/mol. The lowest BCUT2D eigenvalue weighted by Crippen LogP contribution is -2.47. The Bertz CT molecular complexity index is 403. The Balaban J connectivity index is 1.92. The van der Waals surface area contributed by atoms with Crippen LogP contribution in [0, 0.1) is 0 Å². The fourth-order valence-corrected chi connectivity index (χ4v) is 1.66. The second-order valence-electron chi connectivity index (χ2n) is 5.44. The smallest absolute Gasteiger partial charge is 0.227 e. The molecule has 0 bridgehead atoms. The summed E-state index contributed by atoms with van der Waals surface area (Å²) < 4.78 is 11.0. The van der Waals surface area contributed by atoms with Crippen LogP contribution in [0.1, 0.15) is 26.5 Å². The van der Waals surface area contributed by atoms with Crippen molar-refractivity contribution in [1.82, 2.24) is 10.3 Å². The van der Waals surface area contributed by atoms with E-state index in [0.29, 0.717) is 18.9 Å². The number of rotatable bonds is 3. The minimum absolute atomic E-state index is 0.0465. The number of hydrogen-bond acceptors (Lipinski definition) is 5. The zero-order chi connectivity index (χ0) is 13.2. The molecule has 2 unspecified atom stereocenters. The summed E-state index contributed by atoms with van der Waals surface area (Å²) in [5, 5.41) is 13.2. The van der Waals surface area contributed by atoms with Gasteiger partial charge in [0.15, 0.2) is 0 Å². The Morgan fingerprint density at radius 2 is 2.33 bits per heavy atom. The van der Waals surface area contributed by atoms with Crippen LogP contribution in [-0.4, -0.2) is 34.6 Å². The normalized spacial score (nSPS) is 21.0. The third-order valence-corrected chi connectivity index (χ3v) is 2.63. The summed E-state index contributed by atoms with van der Waals surface area (Å²) in [6.07, 6.45) is 0.345. The SMILES string of the molecule is CC(C)(C)NCC(O)C1OCc2ncccc2O1. The van der Waals surface area contributed by atoms with E-state index < -0.39 is 12.4 Å². The second kappa shape index (κ2) is 5.22. The van der Waals surface area contributed by atoms with Crippen LogP contribution in [0.2, 0.25) is 0 Å². The molecule has 1 aromatic heterocycles. The molecule has 0 fully saturated rings. The van der Waals surface area contributed by atoms with Gasteiger partial charge in [-0.2, -0.15) is 0 Å². The predicted molar refractivity (Wildman–Crippen MR) is 67.2 cm³/mol. The van der Waals surface area contributed by atoms with Crippen LogP contribution in [0.25, 0.3) is 0 Å². The van der Waals surface area contributed by atoms with Crippen molar-refractivity contribution in [2.24, 2.45) is 0 Å². The average Bonchev–Trinajstić information content (AvgIpc) is 2.34. The maximum Gasteiger partial charge on any atom is 0.227 e. The fraction of sp³-hybridized carbons (Fsp3) is 0.615. The average molecular weight is 252 g/mol. The van der Waals surface area contributed by atoms with Gasteiger partial charge in [-0.05, 0) is 32.9 Å². The number of nitrogens with one attached hydrogen (secondary N) is 1. The third-order valence-electron chi connectivity index (χ3n) is 2.63. The lowest BCUT2D eigenvalue weighted by atomic mass is 10.1. The Labute approximate surface area is 107 Å². The van der Waals surface area contributed by atoms with E-state index in [1.165, 1.54) is 0 Å². The Kier molecular flexibility index (Phi) is 3.85. The molecule has 1 aromatic rings. The molecule has 2 rings (SSSR count). The van der Waals surface area contributed by atoms with Gasteiger partial charge in [-0.15, -0.1) is 0 Å². The number of β-amino-alcohol motifs (C(OH)–C–C–N with tert-alkyl or cyclic N) is 1. The first-order valence-electron chi connectivity index (χ1n) is 6.11. The first-order valence-corrected chi connectivity index (χ1v) is 6.11. The number of aliphatic hydroxyl groups excluding tert-OH is 1. The van der Waals surface area contributed by atoms with Gasteiger partial charge in [0.25, 0.3) is 0 Å². The molecule has 18 heavy (non-hydrogen) atoms. The molecule has 1 aliphatic heterocycles. The van der Waals surface area contributed by atoms with Gasteiger partial charge in [0.05, 0.1) is 6.61 Å². The van der Waals surface area contributed by atoms with E-state index in [-0.39, 0.29) is 5.54 Å². The molecule has 0 saturated carbocycles. The monoisotopic (exact) mass is 252 g/mol. The fourth-order valence-electron chi connectivity index (χ4n) is 1.66. The Hall–Kier alpha value is -1.17. The molecule has 2 N–H and O–H groups in total. The number of aliphatic hydroxyl groups is 1. The van der Waals surface area contributed by atoms with Crippen LogP contribution in [0.5, 0.6) is 5.75 Å². The van der Waals surface area contributed by atoms with Gasteiger partial charge in [-0.1, -0.05) is 0 Å². The van der Waals surface area contributed by atoms with E-state index in [2.05, 4.69) is 10.3 Å². The second-order valence-corrected chi connectivity index (χ2v) is 5.44. The molecular formula is C13H20N2O3. The van der Waals surface area contributed by atoms with Gasteiger partial charge in [0.2, 0.25) is 6.29 Å². The predicted octanol–water partition coefficient (Wildman–Crippen LogP) is 1.07. The highest BCUT2D eigenvalue weighted by Crippen LogP contribution is 2.24. The molecule has 0 saturated heterocycles. The van der Waals surface area contributed by atoms with Crippen LogP contribution < -0.4 is 10.1 Å². The Morgan fingerprint density at radius 3 is 3.06 bits per heavy atom. The van der Waals surface area contributed by atoms with Crippen molar-refractivity contribution >= 4 is 0 Å². The molecule has 0 aromatic carbocycles. The van der Waals surface area contributed by atoms with Gasteiger partial charge in [-0.3, -0.25) is 4.98 Å². The van der Waals surface area contributed by atoms with Crippen LogP contribution in [0.4, 0.5) is 0 Å². The summed E-state index contributed by atoms with van der Waals surface area (Å²) >= 11 is 0. The Morgan fingerprint density at radius 1 is 1.56 bits per heavy atom. The largest absolute Gasteiger partial charge is 0.460 e. The van der Waals surface area contributed by atoms with Crippen LogP contribution in [0.15, 0.2) is 18.3 Å². The highest BCUT2D eigenvalue weighted by atomic mass is 16.7. The minimum atomic E-state index is -0.711. The van der Waals surface area contributed by atoms with Gasteiger partial charge in [0.1, 0.15) is 17.5 Å². The van der Waals surface area contributed by atoms with E-state index in [1.807, 2.05) is 26.8 Å². The maximum atomic E-state index is 10.0. The number of pyridine rings is 1. The van der Waals surface area contributed by atoms with Gasteiger partial charge < -0.3 is 19.9 Å². The highest BCUT2D eigenvalue weighted by Gasteiger charge is 2.28. The number of aromatic nitrogens is 1. The van der Waals surface area contributed by atoms with E-state index in [1.54, 1.807) is 12.3 Å². The highest BCUT2D eigenvalue weighted by molar-refractivity contribution is 5.27. The van der Waals surface area contributed by atoms with E-state index in [9.17, 15) is 5.11 Å². The summed E-state index contributed by atoms with van der Waals surface area (Å²) in [4.78, 5) is 4.15. The number of ether oxygens (including phenoxy) is 2. The van der Waals surface area contributed by atoms with E-state index >= 15 is 0 Å². The van der Waals surface area contributed by atoms with Crippen molar-refractivity contribution in [2.45, 2.75) is 45.3 Å². The lowest BCUT2D eigenvalue weighted by molar-refractivity contribution is -0.166. The van der Waals surface area contributed by atoms with E-state index in [4.69, 9.17) is 9.47 Å². The molecule has 2 atom stereocenters. The molecule has 2 heterocycles. The summed E-state index contributed by atoms with van der Waals surface area (Å²) in [5.41, 5.74) is 0.722. The first-order chi connectivity index (χ1) is 8.46. The lowest BCUT2D eigenvalue weighted by Gasteiger charge is -2.30. The third kappa shape index (κ3) is 3.41. The molecule has 0 spiro atoms. The zero-order valence-electron chi connectivity index (χ0n) is 11.0. The van der Waals surface area contributed by atoms with E-state index in [0.717, 1.165) is 5.69 Å². The van der Waals surface area contributed by atoms with Gasteiger partial charge >= 0.3 is 0 Å². The first kappa shape index (κ1) is 13.3.